The molecule has 118 valence electrons. The minimum atomic E-state index is -0.286. The maximum atomic E-state index is 12.7. The monoisotopic (exact) mass is 335 g/mol. The smallest absolute Gasteiger partial charge is 0.284 e. The van der Waals surface area contributed by atoms with Crippen molar-refractivity contribution in [3.05, 3.63) is 64.9 Å². The number of nitrogens with one attached hydrogen (secondary N) is 1. The average molecular weight is 335 g/mol. The standard InChI is InChI=1S/C17H13N5OS/c18-15-12(16(23)22(20-15)11-6-2-1-3-7-11)10-21-14-9-5-4-8-13(14)19-17(21)24/h1-10H,(H2,18,20)(H,19,24)/b12-10+. The number of carbonyl (C=O) groups is 1. The van der Waals surface area contributed by atoms with Crippen molar-refractivity contribution in [3.63, 3.8) is 0 Å². The summed E-state index contributed by atoms with van der Waals surface area (Å²) in [4.78, 5) is 15.8. The molecule has 1 amide bonds. The Morgan fingerprint density at radius 1 is 1.08 bits per heavy atom. The van der Waals surface area contributed by atoms with Crippen LogP contribution in [0.3, 0.4) is 0 Å². The molecule has 2 heterocycles. The summed E-state index contributed by atoms with van der Waals surface area (Å²) in [6.45, 7) is 0. The highest BCUT2D eigenvalue weighted by molar-refractivity contribution is 7.71. The van der Waals surface area contributed by atoms with Crippen LogP contribution in [0.15, 0.2) is 65.3 Å². The third-order valence-corrected chi connectivity index (χ3v) is 4.09. The van der Waals surface area contributed by atoms with Crippen molar-refractivity contribution in [1.29, 1.82) is 0 Å². The zero-order chi connectivity index (χ0) is 16.7. The van der Waals surface area contributed by atoms with E-state index in [-0.39, 0.29) is 11.7 Å². The maximum Gasteiger partial charge on any atom is 0.284 e. The number of imidazole rings is 1. The molecule has 0 saturated carbocycles. The number of aromatic nitrogens is 2. The number of amides is 1. The van der Waals surface area contributed by atoms with Crippen molar-refractivity contribution in [2.24, 2.45) is 10.8 Å². The molecule has 6 nitrogen and oxygen atoms in total. The van der Waals surface area contributed by atoms with Gasteiger partial charge in [0.25, 0.3) is 5.91 Å². The van der Waals surface area contributed by atoms with Crippen LogP contribution in [0.1, 0.15) is 0 Å². The van der Waals surface area contributed by atoms with E-state index in [2.05, 4.69) is 10.1 Å². The normalized spacial score (nSPS) is 16.2. The van der Waals surface area contributed by atoms with Crippen molar-refractivity contribution < 1.29 is 4.79 Å². The molecule has 3 N–H and O–H groups in total. The number of para-hydroxylation sites is 3. The Balaban J connectivity index is 1.81. The van der Waals surface area contributed by atoms with Crippen molar-refractivity contribution >= 4 is 46.9 Å². The van der Waals surface area contributed by atoms with Crippen LogP contribution in [0.4, 0.5) is 5.69 Å². The second-order valence-electron chi connectivity index (χ2n) is 5.30. The summed E-state index contributed by atoms with van der Waals surface area (Å²) in [6, 6.07) is 16.8. The average Bonchev–Trinajstić information content (AvgIpc) is 3.07. The summed E-state index contributed by atoms with van der Waals surface area (Å²) in [5.74, 6) is -0.123. The number of aromatic amines is 1. The third-order valence-electron chi connectivity index (χ3n) is 3.79. The van der Waals surface area contributed by atoms with Gasteiger partial charge in [-0.2, -0.15) is 5.01 Å². The Morgan fingerprint density at radius 2 is 1.79 bits per heavy atom. The van der Waals surface area contributed by atoms with E-state index in [0.29, 0.717) is 16.0 Å². The SMILES string of the molecule is NC1=NN(c2ccccc2)C(=O)/C1=C/n1c(=S)[nH]c2ccccc21. The van der Waals surface area contributed by atoms with E-state index >= 15 is 0 Å². The number of hydrogen-bond donors (Lipinski definition) is 2. The molecule has 0 unspecified atom stereocenters. The quantitative estimate of drug-likeness (QED) is 0.558. The van der Waals surface area contributed by atoms with E-state index in [1.54, 1.807) is 22.9 Å². The number of hydrazone groups is 1. The lowest BCUT2D eigenvalue weighted by Gasteiger charge is -2.10. The molecule has 2 aromatic carbocycles. The third kappa shape index (κ3) is 2.22. The fraction of sp³-hybridized carbons (Fsp3) is 0. The molecule has 7 heteroatoms. The Kier molecular flexibility index (Phi) is 3.28. The number of hydrogen-bond acceptors (Lipinski definition) is 4. The van der Waals surface area contributed by atoms with Gasteiger partial charge in [-0.05, 0) is 36.5 Å². The first kappa shape index (κ1) is 14.4. The van der Waals surface area contributed by atoms with E-state index in [0.717, 1.165) is 11.0 Å². The molecular formula is C17H13N5OS. The maximum absolute atomic E-state index is 12.7. The van der Waals surface area contributed by atoms with E-state index in [9.17, 15) is 4.79 Å². The zero-order valence-corrected chi connectivity index (χ0v) is 13.3. The van der Waals surface area contributed by atoms with Crippen molar-refractivity contribution in [2.75, 3.05) is 5.01 Å². The lowest BCUT2D eigenvalue weighted by molar-refractivity contribution is -0.114. The van der Waals surface area contributed by atoms with E-state index < -0.39 is 0 Å². The highest BCUT2D eigenvalue weighted by Gasteiger charge is 2.30. The van der Waals surface area contributed by atoms with Gasteiger partial charge in [0.1, 0.15) is 5.57 Å². The second-order valence-corrected chi connectivity index (χ2v) is 5.68. The molecule has 3 aromatic rings. The van der Waals surface area contributed by atoms with Crippen LogP contribution in [0.25, 0.3) is 17.2 Å². The number of anilines is 1. The Hall–Kier alpha value is -3.19. The Morgan fingerprint density at radius 3 is 2.58 bits per heavy atom. The van der Waals surface area contributed by atoms with Crippen molar-refractivity contribution in [2.45, 2.75) is 0 Å². The second kappa shape index (κ2) is 5.47. The van der Waals surface area contributed by atoms with Crippen LogP contribution in [0, 0.1) is 4.77 Å². The van der Waals surface area contributed by atoms with Crippen LogP contribution in [0.2, 0.25) is 0 Å². The minimum Gasteiger partial charge on any atom is -0.382 e. The van der Waals surface area contributed by atoms with Crippen molar-refractivity contribution in [3.8, 4) is 0 Å². The molecule has 1 aromatic heterocycles. The highest BCUT2D eigenvalue weighted by atomic mass is 32.1. The predicted octanol–water partition coefficient (Wildman–Crippen LogP) is 2.86. The molecule has 0 saturated heterocycles. The summed E-state index contributed by atoms with van der Waals surface area (Å²) in [5.41, 5.74) is 8.70. The number of fused-ring (bicyclic) bond motifs is 1. The summed E-state index contributed by atoms with van der Waals surface area (Å²) in [5, 5.41) is 5.46. The molecule has 0 aliphatic carbocycles. The van der Waals surface area contributed by atoms with Crippen LogP contribution in [-0.2, 0) is 4.79 Å². The lowest BCUT2D eigenvalue weighted by atomic mass is 10.2. The number of nitrogens with two attached hydrogens (primary N) is 1. The summed E-state index contributed by atoms with van der Waals surface area (Å²) in [7, 11) is 0. The number of H-pyrrole nitrogens is 1. The molecule has 1 aliphatic heterocycles. The zero-order valence-electron chi connectivity index (χ0n) is 12.5. The predicted molar refractivity (Wildman–Crippen MR) is 96.9 cm³/mol. The summed E-state index contributed by atoms with van der Waals surface area (Å²) >= 11 is 5.34. The Bertz CT molecular complexity index is 1060. The topological polar surface area (TPSA) is 79.4 Å². The van der Waals surface area contributed by atoms with Gasteiger partial charge in [-0.3, -0.25) is 9.36 Å². The van der Waals surface area contributed by atoms with Crippen LogP contribution in [0.5, 0.6) is 0 Å². The lowest BCUT2D eigenvalue weighted by Crippen LogP contribution is -2.22. The van der Waals surface area contributed by atoms with Gasteiger partial charge in [0.15, 0.2) is 10.6 Å². The number of rotatable bonds is 2. The van der Waals surface area contributed by atoms with Gasteiger partial charge in [-0.15, -0.1) is 5.10 Å². The first-order chi connectivity index (χ1) is 11.6. The first-order valence-electron chi connectivity index (χ1n) is 7.30. The van der Waals surface area contributed by atoms with Gasteiger partial charge in [-0.1, -0.05) is 30.3 Å². The van der Waals surface area contributed by atoms with Gasteiger partial charge in [-0.25, -0.2) is 0 Å². The van der Waals surface area contributed by atoms with E-state index in [4.69, 9.17) is 18.0 Å². The van der Waals surface area contributed by atoms with Crippen LogP contribution < -0.4 is 10.7 Å². The number of nitrogens with zero attached hydrogens (tertiary/aromatic N) is 3. The largest absolute Gasteiger partial charge is 0.382 e. The van der Waals surface area contributed by atoms with Gasteiger partial charge in [0.05, 0.1) is 16.7 Å². The van der Waals surface area contributed by atoms with Crippen LogP contribution >= 0.6 is 12.2 Å². The molecule has 1 aliphatic rings. The van der Waals surface area contributed by atoms with Crippen molar-refractivity contribution in [1.82, 2.24) is 9.55 Å². The first-order valence-corrected chi connectivity index (χ1v) is 7.71. The minimum absolute atomic E-state index is 0.163. The van der Waals surface area contributed by atoms with Gasteiger partial charge >= 0.3 is 0 Å². The molecular weight excluding hydrogens is 322 g/mol. The molecule has 4 rings (SSSR count). The fourth-order valence-corrected chi connectivity index (χ4v) is 2.89. The molecule has 24 heavy (non-hydrogen) atoms. The molecule has 0 fully saturated rings. The molecule has 0 atom stereocenters. The summed E-state index contributed by atoms with van der Waals surface area (Å²) in [6.07, 6.45) is 1.63. The number of carbonyl (C=O) groups excluding carboxylic acids is 1. The van der Waals surface area contributed by atoms with Crippen LogP contribution in [-0.4, -0.2) is 21.3 Å². The van der Waals surface area contributed by atoms with E-state index in [1.807, 2.05) is 42.5 Å². The van der Waals surface area contributed by atoms with E-state index in [1.165, 1.54) is 5.01 Å². The van der Waals surface area contributed by atoms with Gasteiger partial charge in [0, 0.05) is 6.20 Å². The molecule has 0 spiro atoms. The summed E-state index contributed by atoms with van der Waals surface area (Å²) < 4.78 is 2.22. The number of benzene rings is 2. The van der Waals surface area contributed by atoms with Gasteiger partial charge in [0.2, 0.25) is 0 Å². The molecule has 0 radical (unpaired) electrons. The Labute approximate surface area is 142 Å². The highest BCUT2D eigenvalue weighted by Crippen LogP contribution is 2.23. The number of amidine groups is 1. The molecule has 0 bridgehead atoms. The fourth-order valence-electron chi connectivity index (χ4n) is 2.63. The van der Waals surface area contributed by atoms with Gasteiger partial charge < -0.3 is 10.7 Å².